The number of amidine groups is 1. The summed E-state index contributed by atoms with van der Waals surface area (Å²) in [5, 5.41) is 12.4. The molecule has 0 radical (unpaired) electrons. The lowest BCUT2D eigenvalue weighted by Gasteiger charge is -2.36. The molecule has 2 rings (SSSR count). The van der Waals surface area contributed by atoms with Crippen molar-refractivity contribution in [1.82, 2.24) is 4.90 Å². The zero-order valence-electron chi connectivity index (χ0n) is 12.6. The van der Waals surface area contributed by atoms with Gasteiger partial charge in [0.25, 0.3) is 0 Å². The second-order valence-electron chi connectivity index (χ2n) is 5.70. The van der Waals surface area contributed by atoms with Crippen LogP contribution in [0, 0.1) is 0 Å². The summed E-state index contributed by atoms with van der Waals surface area (Å²) in [7, 11) is 0. The molecule has 0 amide bonds. The Balaban J connectivity index is 2.11. The average molecular weight is 310 g/mol. The fourth-order valence-corrected chi connectivity index (χ4v) is 3.28. The van der Waals surface area contributed by atoms with Gasteiger partial charge in [-0.3, -0.25) is 4.90 Å². The molecule has 5 heteroatoms. The maximum absolute atomic E-state index is 8.71. The summed E-state index contributed by atoms with van der Waals surface area (Å²) in [4.78, 5) is 2.54. The molecule has 0 aliphatic carbocycles. The summed E-state index contributed by atoms with van der Waals surface area (Å²) in [5.74, 6) is 0.0882. The smallest absolute Gasteiger partial charge is 0.170 e. The highest BCUT2D eigenvalue weighted by Gasteiger charge is 2.22. The highest BCUT2D eigenvalue weighted by Crippen LogP contribution is 2.26. The molecule has 0 bridgehead atoms. The Kier molecular flexibility index (Phi) is 5.88. The summed E-state index contributed by atoms with van der Waals surface area (Å²) in [5.41, 5.74) is 7.34. The molecule has 1 fully saturated rings. The van der Waals surface area contributed by atoms with Gasteiger partial charge in [0.05, 0.1) is 0 Å². The van der Waals surface area contributed by atoms with Crippen molar-refractivity contribution in [2.75, 3.05) is 6.54 Å². The summed E-state index contributed by atoms with van der Waals surface area (Å²) >= 11 is 6.36. The molecule has 1 unspecified atom stereocenters. The van der Waals surface area contributed by atoms with Crippen LogP contribution in [-0.4, -0.2) is 28.5 Å². The molecular formula is C16H24ClN3O. The van der Waals surface area contributed by atoms with E-state index < -0.39 is 0 Å². The Morgan fingerprint density at radius 2 is 2.29 bits per heavy atom. The highest BCUT2D eigenvalue weighted by molar-refractivity contribution is 6.31. The first-order valence-electron chi connectivity index (χ1n) is 7.66. The maximum atomic E-state index is 8.71. The van der Waals surface area contributed by atoms with Crippen molar-refractivity contribution in [1.29, 1.82) is 0 Å². The molecule has 1 heterocycles. The van der Waals surface area contributed by atoms with Crippen LogP contribution < -0.4 is 5.73 Å². The third-order valence-corrected chi connectivity index (χ3v) is 4.55. The predicted octanol–water partition coefficient (Wildman–Crippen LogP) is 3.59. The molecule has 0 spiro atoms. The molecule has 1 aliphatic rings. The molecule has 21 heavy (non-hydrogen) atoms. The van der Waals surface area contributed by atoms with Crippen molar-refractivity contribution < 1.29 is 5.21 Å². The molecule has 4 nitrogen and oxygen atoms in total. The quantitative estimate of drug-likeness (QED) is 0.378. The minimum atomic E-state index is 0.0882. The van der Waals surface area contributed by atoms with E-state index in [1.165, 1.54) is 32.1 Å². The van der Waals surface area contributed by atoms with Crippen LogP contribution in [0.3, 0.4) is 0 Å². The number of hydrogen-bond donors (Lipinski definition) is 2. The lowest BCUT2D eigenvalue weighted by Crippen LogP contribution is -2.38. The summed E-state index contributed by atoms with van der Waals surface area (Å²) in [6, 6.07) is 6.27. The van der Waals surface area contributed by atoms with Gasteiger partial charge in [-0.05, 0) is 37.4 Å². The third kappa shape index (κ3) is 4.11. The number of piperidine rings is 1. The summed E-state index contributed by atoms with van der Waals surface area (Å²) in [6.45, 7) is 4.26. The van der Waals surface area contributed by atoms with Crippen LogP contribution in [0.4, 0.5) is 0 Å². The van der Waals surface area contributed by atoms with Crippen LogP contribution in [0.15, 0.2) is 23.4 Å². The van der Waals surface area contributed by atoms with Gasteiger partial charge in [-0.2, -0.15) is 0 Å². The van der Waals surface area contributed by atoms with Gasteiger partial charge in [0, 0.05) is 23.2 Å². The topological polar surface area (TPSA) is 61.8 Å². The van der Waals surface area contributed by atoms with Gasteiger partial charge >= 0.3 is 0 Å². The van der Waals surface area contributed by atoms with E-state index in [1.807, 2.05) is 12.1 Å². The van der Waals surface area contributed by atoms with Gasteiger partial charge in [-0.15, -0.1) is 0 Å². The van der Waals surface area contributed by atoms with Gasteiger partial charge in [-0.25, -0.2) is 0 Å². The Morgan fingerprint density at radius 3 is 2.95 bits per heavy atom. The van der Waals surface area contributed by atoms with E-state index in [0.717, 1.165) is 18.7 Å². The second-order valence-corrected chi connectivity index (χ2v) is 6.11. The number of hydrogen-bond acceptors (Lipinski definition) is 3. The van der Waals surface area contributed by atoms with E-state index in [2.05, 4.69) is 17.0 Å². The Hall–Kier alpha value is -1.26. The molecule has 3 N–H and O–H groups in total. The number of likely N-dealkylation sites (tertiary alicyclic amines) is 1. The molecule has 1 aliphatic heterocycles. The predicted molar refractivity (Wildman–Crippen MR) is 86.9 cm³/mol. The molecule has 116 valence electrons. The van der Waals surface area contributed by atoms with E-state index in [0.29, 0.717) is 16.6 Å². The lowest BCUT2D eigenvalue weighted by molar-refractivity contribution is 0.131. The number of nitrogens with zero attached hydrogens (tertiary/aromatic N) is 2. The first kappa shape index (κ1) is 16.1. The zero-order valence-corrected chi connectivity index (χ0v) is 13.3. The number of rotatable bonds is 5. The monoisotopic (exact) mass is 309 g/mol. The summed E-state index contributed by atoms with van der Waals surface area (Å²) in [6.07, 6.45) is 6.35. The molecular weight excluding hydrogens is 286 g/mol. The van der Waals surface area contributed by atoms with Gasteiger partial charge in [-0.1, -0.05) is 48.7 Å². The van der Waals surface area contributed by atoms with Crippen molar-refractivity contribution in [3.63, 3.8) is 0 Å². The highest BCUT2D eigenvalue weighted by atomic mass is 35.5. The SMILES string of the molecule is CCCC1CCCCN1Cc1ccc(/C(N)=N/O)cc1Cl. The molecule has 1 saturated heterocycles. The van der Waals surface area contributed by atoms with Crippen molar-refractivity contribution in [3.05, 3.63) is 34.3 Å². The van der Waals surface area contributed by atoms with E-state index in [1.54, 1.807) is 6.07 Å². The minimum absolute atomic E-state index is 0.0882. The maximum Gasteiger partial charge on any atom is 0.170 e. The van der Waals surface area contributed by atoms with Crippen LogP contribution in [0.25, 0.3) is 0 Å². The fraction of sp³-hybridized carbons (Fsp3) is 0.562. The van der Waals surface area contributed by atoms with Crippen LogP contribution in [0.2, 0.25) is 5.02 Å². The second kappa shape index (κ2) is 7.66. The molecule has 0 saturated carbocycles. The first-order valence-corrected chi connectivity index (χ1v) is 8.04. The standard InChI is InChI=1S/C16H24ClN3O/c1-2-5-14-6-3-4-9-20(14)11-13-8-7-12(10-15(13)17)16(18)19-21/h7-8,10,14,21H,2-6,9,11H2,1H3,(H2,18,19). The average Bonchev–Trinajstić information content (AvgIpc) is 2.50. The summed E-state index contributed by atoms with van der Waals surface area (Å²) < 4.78 is 0. The fourth-order valence-electron chi connectivity index (χ4n) is 3.04. The number of halogens is 1. The molecule has 0 aromatic heterocycles. The Bertz CT molecular complexity index is 502. The van der Waals surface area contributed by atoms with Crippen LogP contribution in [0.5, 0.6) is 0 Å². The number of oxime groups is 1. The van der Waals surface area contributed by atoms with Crippen LogP contribution >= 0.6 is 11.6 Å². The normalized spacial score (nSPS) is 20.7. The van der Waals surface area contributed by atoms with Gasteiger partial charge < -0.3 is 10.9 Å². The minimum Gasteiger partial charge on any atom is -0.409 e. The van der Waals surface area contributed by atoms with E-state index >= 15 is 0 Å². The van der Waals surface area contributed by atoms with Crippen molar-refractivity contribution in [3.8, 4) is 0 Å². The van der Waals surface area contributed by atoms with Gasteiger partial charge in [0.2, 0.25) is 0 Å². The van der Waals surface area contributed by atoms with Crippen molar-refractivity contribution in [2.24, 2.45) is 10.9 Å². The zero-order chi connectivity index (χ0) is 15.2. The van der Waals surface area contributed by atoms with E-state index in [9.17, 15) is 0 Å². The molecule has 1 aromatic rings. The van der Waals surface area contributed by atoms with Crippen LogP contribution in [-0.2, 0) is 6.54 Å². The number of nitrogens with two attached hydrogens (primary N) is 1. The lowest BCUT2D eigenvalue weighted by atomic mass is 9.97. The largest absolute Gasteiger partial charge is 0.409 e. The number of benzene rings is 1. The van der Waals surface area contributed by atoms with Crippen molar-refractivity contribution in [2.45, 2.75) is 51.6 Å². The van der Waals surface area contributed by atoms with E-state index in [-0.39, 0.29) is 5.84 Å². The first-order chi connectivity index (χ1) is 10.2. The third-order valence-electron chi connectivity index (χ3n) is 4.20. The van der Waals surface area contributed by atoms with Crippen LogP contribution in [0.1, 0.15) is 50.2 Å². The van der Waals surface area contributed by atoms with Crippen molar-refractivity contribution >= 4 is 17.4 Å². The molecule has 1 aromatic carbocycles. The van der Waals surface area contributed by atoms with E-state index in [4.69, 9.17) is 22.5 Å². The molecule has 1 atom stereocenters. The van der Waals surface area contributed by atoms with Gasteiger partial charge in [0.15, 0.2) is 5.84 Å². The Labute approximate surface area is 131 Å². The Morgan fingerprint density at radius 1 is 1.48 bits per heavy atom. The van der Waals surface area contributed by atoms with Gasteiger partial charge in [0.1, 0.15) is 0 Å².